The number of aromatic nitrogens is 2. The van der Waals surface area contributed by atoms with E-state index >= 15 is 0 Å². The fourth-order valence-corrected chi connectivity index (χ4v) is 5.97. The molecule has 0 N–H and O–H groups in total. The minimum atomic E-state index is -0.132. The van der Waals surface area contributed by atoms with Crippen LogP contribution in [0.25, 0.3) is 16.6 Å². The summed E-state index contributed by atoms with van der Waals surface area (Å²) in [6.07, 6.45) is 0.929. The molecule has 33 heavy (non-hydrogen) atoms. The van der Waals surface area contributed by atoms with Crippen LogP contribution in [-0.4, -0.2) is 33.0 Å². The van der Waals surface area contributed by atoms with E-state index < -0.39 is 0 Å². The molecule has 1 amide bonds. The van der Waals surface area contributed by atoms with E-state index in [4.69, 9.17) is 4.98 Å². The standard InChI is InChI=1S/C26H23N3O2S2/c1-18-15-16-28(22-13-7-8-14-23(22)33-18)24(30)17-32-26-27-21-12-6-5-11-20(21)25(31)29(26)19-9-3-2-4-10-19/h2-14,18H,15-17H2,1H3. The quantitative estimate of drug-likeness (QED) is 0.294. The predicted octanol–water partition coefficient (Wildman–Crippen LogP) is 5.40. The highest BCUT2D eigenvalue weighted by atomic mass is 32.2. The Balaban J connectivity index is 1.49. The lowest BCUT2D eigenvalue weighted by atomic mass is 10.2. The number of benzene rings is 3. The number of hydrogen-bond acceptors (Lipinski definition) is 5. The molecule has 0 saturated heterocycles. The highest BCUT2D eigenvalue weighted by Crippen LogP contribution is 2.37. The molecule has 1 aliphatic heterocycles. The molecule has 0 radical (unpaired) electrons. The number of nitrogens with zero attached hydrogens (tertiary/aromatic N) is 3. The van der Waals surface area contributed by atoms with E-state index in [0.29, 0.717) is 27.9 Å². The van der Waals surface area contributed by atoms with E-state index in [9.17, 15) is 9.59 Å². The Morgan fingerprint density at radius 2 is 1.76 bits per heavy atom. The third-order valence-corrected chi connectivity index (χ3v) is 7.79. The molecule has 0 fully saturated rings. The van der Waals surface area contributed by atoms with Crippen LogP contribution >= 0.6 is 23.5 Å². The van der Waals surface area contributed by atoms with Gasteiger partial charge in [0.1, 0.15) is 0 Å². The number of amides is 1. The van der Waals surface area contributed by atoms with Crippen LogP contribution < -0.4 is 10.5 Å². The monoisotopic (exact) mass is 473 g/mol. The molecule has 7 heteroatoms. The van der Waals surface area contributed by atoms with Crippen LogP contribution in [0.4, 0.5) is 5.69 Å². The first-order valence-corrected chi connectivity index (χ1v) is 12.7. The van der Waals surface area contributed by atoms with E-state index in [1.165, 1.54) is 11.8 Å². The van der Waals surface area contributed by atoms with Crippen LogP contribution in [-0.2, 0) is 4.79 Å². The van der Waals surface area contributed by atoms with Gasteiger partial charge in [0.15, 0.2) is 5.16 Å². The number of para-hydroxylation sites is 3. The number of carbonyl (C=O) groups excluding carboxylic acids is 1. The highest BCUT2D eigenvalue weighted by Gasteiger charge is 2.25. The third-order valence-electron chi connectivity index (χ3n) is 5.63. The lowest BCUT2D eigenvalue weighted by molar-refractivity contribution is -0.116. The van der Waals surface area contributed by atoms with Crippen molar-refractivity contribution in [1.29, 1.82) is 0 Å². The second-order valence-electron chi connectivity index (χ2n) is 7.91. The van der Waals surface area contributed by atoms with Gasteiger partial charge < -0.3 is 4.90 Å². The Labute approximate surface area is 200 Å². The lowest BCUT2D eigenvalue weighted by Crippen LogP contribution is -2.34. The summed E-state index contributed by atoms with van der Waals surface area (Å²) in [6.45, 7) is 2.88. The summed E-state index contributed by atoms with van der Waals surface area (Å²) in [4.78, 5) is 34.5. The second kappa shape index (κ2) is 9.45. The Bertz CT molecular complexity index is 1370. The summed E-state index contributed by atoms with van der Waals surface area (Å²) in [5.74, 6) is 0.217. The number of anilines is 1. The molecular formula is C26H23N3O2S2. The lowest BCUT2D eigenvalue weighted by Gasteiger charge is -2.22. The molecule has 3 aromatic carbocycles. The van der Waals surface area contributed by atoms with Crippen molar-refractivity contribution in [3.05, 3.63) is 89.2 Å². The molecule has 0 aliphatic carbocycles. The van der Waals surface area contributed by atoms with Crippen molar-refractivity contribution in [2.24, 2.45) is 0 Å². The summed E-state index contributed by atoms with van der Waals surface area (Å²) in [6, 6.07) is 24.9. The predicted molar refractivity (Wildman–Crippen MR) is 137 cm³/mol. The van der Waals surface area contributed by atoms with Gasteiger partial charge in [0, 0.05) is 16.7 Å². The first-order valence-electron chi connectivity index (χ1n) is 10.9. The smallest absolute Gasteiger partial charge is 0.266 e. The maximum Gasteiger partial charge on any atom is 0.266 e. The van der Waals surface area contributed by atoms with E-state index in [1.807, 2.05) is 83.4 Å². The van der Waals surface area contributed by atoms with Crippen molar-refractivity contribution in [1.82, 2.24) is 9.55 Å². The maximum atomic E-state index is 13.4. The molecule has 2 heterocycles. The fraction of sp³-hybridized carbons (Fsp3) is 0.192. The van der Waals surface area contributed by atoms with Crippen molar-refractivity contribution in [3.63, 3.8) is 0 Å². The SMILES string of the molecule is CC1CCN(C(=O)CSc2nc3ccccc3c(=O)n2-c2ccccc2)c2ccccc2S1. The molecular weight excluding hydrogens is 450 g/mol. The van der Waals surface area contributed by atoms with Gasteiger partial charge in [0.25, 0.3) is 5.56 Å². The van der Waals surface area contributed by atoms with Crippen molar-refractivity contribution in [2.45, 2.75) is 28.6 Å². The minimum Gasteiger partial charge on any atom is -0.311 e. The zero-order valence-corrected chi connectivity index (χ0v) is 19.8. The second-order valence-corrected chi connectivity index (χ2v) is 10.3. The van der Waals surface area contributed by atoms with E-state index in [0.717, 1.165) is 22.7 Å². The van der Waals surface area contributed by atoms with E-state index in [-0.39, 0.29) is 17.2 Å². The van der Waals surface area contributed by atoms with Gasteiger partial charge in [-0.3, -0.25) is 14.2 Å². The van der Waals surface area contributed by atoms with Gasteiger partial charge in [-0.2, -0.15) is 0 Å². The molecule has 1 atom stereocenters. The fourth-order valence-electron chi connectivity index (χ4n) is 3.96. The summed E-state index contributed by atoms with van der Waals surface area (Å²) in [5, 5.41) is 1.52. The largest absolute Gasteiger partial charge is 0.311 e. The topological polar surface area (TPSA) is 55.2 Å². The Kier molecular flexibility index (Phi) is 6.24. The van der Waals surface area contributed by atoms with Crippen LogP contribution in [0.3, 0.4) is 0 Å². The minimum absolute atomic E-state index is 0.0177. The first kappa shape index (κ1) is 21.8. The molecule has 5 rings (SSSR count). The summed E-state index contributed by atoms with van der Waals surface area (Å²) in [7, 11) is 0. The van der Waals surface area contributed by atoms with Gasteiger partial charge in [-0.05, 0) is 42.8 Å². The van der Waals surface area contributed by atoms with Crippen molar-refractivity contribution in [3.8, 4) is 5.69 Å². The number of fused-ring (bicyclic) bond motifs is 2. The van der Waals surface area contributed by atoms with Crippen LogP contribution in [0.2, 0.25) is 0 Å². The van der Waals surface area contributed by atoms with Crippen LogP contribution in [0, 0.1) is 0 Å². The Hall–Kier alpha value is -3.03. The zero-order valence-electron chi connectivity index (χ0n) is 18.2. The molecule has 4 aromatic rings. The van der Waals surface area contributed by atoms with Gasteiger partial charge in [-0.1, -0.05) is 61.2 Å². The van der Waals surface area contributed by atoms with Gasteiger partial charge in [-0.15, -0.1) is 11.8 Å². The van der Waals surface area contributed by atoms with E-state index in [2.05, 4.69) is 13.0 Å². The molecule has 5 nitrogen and oxygen atoms in total. The van der Waals surface area contributed by atoms with Crippen LogP contribution in [0.15, 0.2) is 93.7 Å². The Morgan fingerprint density at radius 3 is 2.61 bits per heavy atom. The van der Waals surface area contributed by atoms with E-state index in [1.54, 1.807) is 10.6 Å². The average Bonchev–Trinajstić information content (AvgIpc) is 3.01. The zero-order chi connectivity index (χ0) is 22.8. The maximum absolute atomic E-state index is 13.4. The average molecular weight is 474 g/mol. The number of hydrogen-bond donors (Lipinski definition) is 0. The summed E-state index contributed by atoms with van der Waals surface area (Å²) < 4.78 is 1.61. The molecule has 1 aliphatic rings. The molecule has 1 unspecified atom stereocenters. The summed E-state index contributed by atoms with van der Waals surface area (Å²) in [5.41, 5.74) is 2.20. The van der Waals surface area contributed by atoms with Crippen LogP contribution in [0.5, 0.6) is 0 Å². The normalized spacial score (nSPS) is 15.8. The molecule has 166 valence electrons. The summed E-state index contributed by atoms with van der Waals surface area (Å²) >= 11 is 3.12. The molecule has 1 aromatic heterocycles. The molecule has 0 saturated carbocycles. The highest BCUT2D eigenvalue weighted by molar-refractivity contribution is 8.00. The van der Waals surface area contributed by atoms with Crippen LogP contribution in [0.1, 0.15) is 13.3 Å². The molecule has 0 bridgehead atoms. The van der Waals surface area contributed by atoms with Crippen molar-refractivity contribution >= 4 is 46.0 Å². The van der Waals surface area contributed by atoms with Crippen molar-refractivity contribution in [2.75, 3.05) is 17.2 Å². The van der Waals surface area contributed by atoms with Gasteiger partial charge >= 0.3 is 0 Å². The number of rotatable bonds is 4. The first-order chi connectivity index (χ1) is 16.1. The van der Waals surface area contributed by atoms with Gasteiger partial charge in [-0.25, -0.2) is 4.98 Å². The Morgan fingerprint density at radius 1 is 1.03 bits per heavy atom. The molecule has 0 spiro atoms. The van der Waals surface area contributed by atoms with Gasteiger partial charge in [0.05, 0.1) is 28.0 Å². The number of thioether (sulfide) groups is 2. The van der Waals surface area contributed by atoms with Gasteiger partial charge in [0.2, 0.25) is 5.91 Å². The number of carbonyl (C=O) groups is 1. The van der Waals surface area contributed by atoms with Crippen molar-refractivity contribution < 1.29 is 4.79 Å². The third kappa shape index (κ3) is 4.43.